The predicted molar refractivity (Wildman–Crippen MR) is 83.6 cm³/mol. The van der Waals surface area contributed by atoms with Gasteiger partial charge >= 0.3 is 11.9 Å². The molecular formula is C16H18N2O7. The standard InChI is InChI=1S/C16H18N2O7/c1-8-3-2-4-9-13(8)17-7-18(9)16-14(23)15(10(6-19)24-16)25-12(22)5-11(20)21/h2-4,7,10,14-16,19,23H,5-6H2,1H3,(H,20,21)/t10-,14-,15-,16-/m1/s1. The Kier molecular flexibility index (Phi) is 4.71. The number of aryl methyl sites for hydroxylation is 1. The monoisotopic (exact) mass is 350 g/mol. The molecule has 9 nitrogen and oxygen atoms in total. The lowest BCUT2D eigenvalue weighted by Gasteiger charge is -2.19. The fraction of sp³-hybridized carbons (Fsp3) is 0.438. The van der Waals surface area contributed by atoms with Crippen LogP contribution in [0.5, 0.6) is 0 Å². The fourth-order valence-electron chi connectivity index (χ4n) is 2.96. The number of benzene rings is 1. The minimum Gasteiger partial charge on any atom is -0.481 e. The molecule has 9 heteroatoms. The van der Waals surface area contributed by atoms with E-state index >= 15 is 0 Å². The highest BCUT2D eigenvalue weighted by Gasteiger charge is 2.47. The average Bonchev–Trinajstić information content (AvgIpc) is 3.10. The number of aliphatic hydroxyl groups excluding tert-OH is 2. The number of carbonyl (C=O) groups excluding carboxylic acids is 1. The van der Waals surface area contributed by atoms with Crippen LogP contribution < -0.4 is 0 Å². The predicted octanol–water partition coefficient (Wildman–Crippen LogP) is -0.0182. The molecule has 1 fully saturated rings. The van der Waals surface area contributed by atoms with Crippen LogP contribution in [-0.2, 0) is 19.1 Å². The number of hydrogen-bond donors (Lipinski definition) is 3. The van der Waals surface area contributed by atoms with E-state index in [0.29, 0.717) is 0 Å². The van der Waals surface area contributed by atoms with Crippen LogP contribution in [0, 0.1) is 6.92 Å². The van der Waals surface area contributed by atoms with Crippen molar-refractivity contribution in [1.82, 2.24) is 9.55 Å². The maximum atomic E-state index is 11.6. The molecule has 134 valence electrons. The molecule has 25 heavy (non-hydrogen) atoms. The Hall–Kier alpha value is -2.49. The summed E-state index contributed by atoms with van der Waals surface area (Å²) < 4.78 is 12.2. The maximum absolute atomic E-state index is 11.6. The maximum Gasteiger partial charge on any atom is 0.317 e. The second-order valence-corrected chi connectivity index (χ2v) is 5.86. The molecule has 0 unspecified atom stereocenters. The Morgan fingerprint density at radius 2 is 2.16 bits per heavy atom. The largest absolute Gasteiger partial charge is 0.481 e. The molecule has 3 rings (SSSR count). The topological polar surface area (TPSA) is 131 Å². The second kappa shape index (κ2) is 6.79. The van der Waals surface area contributed by atoms with Gasteiger partial charge in [-0.2, -0.15) is 0 Å². The lowest BCUT2D eigenvalue weighted by Crippen LogP contribution is -2.38. The summed E-state index contributed by atoms with van der Waals surface area (Å²) in [4.78, 5) is 26.5. The Labute approximate surface area is 142 Å². The SMILES string of the molecule is Cc1cccc2c1ncn2[C@@H]1O[C@H](CO)[C@@H](OC(=O)CC(=O)O)[C@H]1O. The Bertz CT molecular complexity index is 803. The summed E-state index contributed by atoms with van der Waals surface area (Å²) in [5, 5.41) is 28.6. The number of nitrogens with zero attached hydrogens (tertiary/aromatic N) is 2. The fourth-order valence-corrected chi connectivity index (χ4v) is 2.96. The van der Waals surface area contributed by atoms with Crippen molar-refractivity contribution in [3.05, 3.63) is 30.1 Å². The van der Waals surface area contributed by atoms with Gasteiger partial charge in [-0.05, 0) is 18.6 Å². The van der Waals surface area contributed by atoms with Crippen LogP contribution in [0.25, 0.3) is 11.0 Å². The third-order valence-corrected chi connectivity index (χ3v) is 4.13. The third kappa shape index (κ3) is 3.21. The molecule has 0 aliphatic carbocycles. The van der Waals surface area contributed by atoms with Crippen LogP contribution in [0.4, 0.5) is 0 Å². The number of para-hydroxylation sites is 1. The van der Waals surface area contributed by atoms with Gasteiger partial charge in [0.05, 0.1) is 24.0 Å². The van der Waals surface area contributed by atoms with Gasteiger partial charge in [-0.15, -0.1) is 0 Å². The van der Waals surface area contributed by atoms with Crippen LogP contribution in [-0.4, -0.2) is 61.7 Å². The minimum atomic E-state index is -1.34. The zero-order valence-corrected chi connectivity index (χ0v) is 13.4. The number of ether oxygens (including phenoxy) is 2. The normalized spacial score (nSPS) is 26.0. The molecule has 0 saturated carbocycles. The number of carbonyl (C=O) groups is 2. The van der Waals surface area contributed by atoms with Crippen molar-refractivity contribution in [2.45, 2.75) is 37.9 Å². The number of rotatable bonds is 5. The molecule has 1 aromatic carbocycles. The van der Waals surface area contributed by atoms with Crippen LogP contribution in [0.2, 0.25) is 0 Å². The quantitative estimate of drug-likeness (QED) is 0.506. The number of aromatic nitrogens is 2. The van der Waals surface area contributed by atoms with Gasteiger partial charge in [0.25, 0.3) is 0 Å². The summed E-state index contributed by atoms with van der Waals surface area (Å²) in [5.74, 6) is -2.35. The molecule has 1 aliphatic heterocycles. The molecule has 3 N–H and O–H groups in total. The van der Waals surface area contributed by atoms with E-state index in [2.05, 4.69) is 4.98 Å². The van der Waals surface area contributed by atoms with Crippen molar-refractivity contribution < 1.29 is 34.4 Å². The molecule has 1 aliphatic rings. The highest BCUT2D eigenvalue weighted by molar-refractivity contribution is 5.90. The summed E-state index contributed by atoms with van der Waals surface area (Å²) in [5.41, 5.74) is 2.41. The lowest BCUT2D eigenvalue weighted by atomic mass is 10.1. The Morgan fingerprint density at radius 3 is 2.84 bits per heavy atom. The number of carboxylic acid groups (broad SMARTS) is 1. The van der Waals surface area contributed by atoms with Gasteiger partial charge in [0.1, 0.15) is 18.6 Å². The van der Waals surface area contributed by atoms with E-state index in [1.165, 1.54) is 6.33 Å². The van der Waals surface area contributed by atoms with Gasteiger partial charge in [0.2, 0.25) is 0 Å². The van der Waals surface area contributed by atoms with Crippen LogP contribution in [0.3, 0.4) is 0 Å². The van der Waals surface area contributed by atoms with E-state index in [9.17, 15) is 19.8 Å². The van der Waals surface area contributed by atoms with E-state index in [4.69, 9.17) is 14.6 Å². The zero-order chi connectivity index (χ0) is 18.1. The Balaban J connectivity index is 1.87. The number of aliphatic hydroxyl groups is 2. The summed E-state index contributed by atoms with van der Waals surface area (Å²) >= 11 is 0. The van der Waals surface area contributed by atoms with Gasteiger partial charge < -0.3 is 29.4 Å². The van der Waals surface area contributed by atoms with E-state index in [1.54, 1.807) is 4.57 Å². The molecule has 2 heterocycles. The molecule has 0 bridgehead atoms. The van der Waals surface area contributed by atoms with Crippen LogP contribution in [0.1, 0.15) is 18.2 Å². The van der Waals surface area contributed by atoms with Gasteiger partial charge in [-0.3, -0.25) is 9.59 Å². The first kappa shape index (κ1) is 17.3. The van der Waals surface area contributed by atoms with Gasteiger partial charge in [-0.25, -0.2) is 4.98 Å². The van der Waals surface area contributed by atoms with E-state index in [-0.39, 0.29) is 0 Å². The number of fused-ring (bicyclic) bond motifs is 1. The van der Waals surface area contributed by atoms with Crippen LogP contribution >= 0.6 is 0 Å². The first-order valence-corrected chi connectivity index (χ1v) is 7.70. The number of aliphatic carboxylic acids is 1. The van der Waals surface area contributed by atoms with Crippen molar-refractivity contribution in [3.63, 3.8) is 0 Å². The minimum absolute atomic E-state index is 0.496. The molecule has 4 atom stereocenters. The Morgan fingerprint density at radius 1 is 1.40 bits per heavy atom. The van der Waals surface area contributed by atoms with E-state index in [0.717, 1.165) is 16.6 Å². The van der Waals surface area contributed by atoms with Crippen molar-refractivity contribution in [3.8, 4) is 0 Å². The second-order valence-electron chi connectivity index (χ2n) is 5.86. The average molecular weight is 350 g/mol. The number of esters is 1. The van der Waals surface area contributed by atoms with Crippen molar-refractivity contribution in [2.75, 3.05) is 6.61 Å². The molecule has 1 aromatic heterocycles. The molecule has 2 aromatic rings. The number of hydrogen-bond acceptors (Lipinski definition) is 7. The number of carboxylic acids is 1. The smallest absolute Gasteiger partial charge is 0.317 e. The summed E-state index contributed by atoms with van der Waals surface area (Å²) in [7, 11) is 0. The van der Waals surface area contributed by atoms with Crippen molar-refractivity contribution >= 4 is 23.0 Å². The number of imidazole rings is 1. The summed E-state index contributed by atoms with van der Waals surface area (Å²) in [6, 6.07) is 5.55. The molecule has 0 spiro atoms. The summed E-state index contributed by atoms with van der Waals surface area (Å²) in [6.45, 7) is 1.41. The first-order valence-electron chi connectivity index (χ1n) is 7.70. The molecule has 0 amide bonds. The highest BCUT2D eigenvalue weighted by atomic mass is 16.6. The van der Waals surface area contributed by atoms with Gasteiger partial charge in [0, 0.05) is 0 Å². The molecule has 1 saturated heterocycles. The van der Waals surface area contributed by atoms with E-state index in [1.807, 2.05) is 25.1 Å². The molecular weight excluding hydrogens is 332 g/mol. The third-order valence-electron chi connectivity index (χ3n) is 4.13. The molecule has 0 radical (unpaired) electrons. The van der Waals surface area contributed by atoms with Gasteiger partial charge in [0.15, 0.2) is 12.3 Å². The first-order chi connectivity index (χ1) is 11.9. The summed E-state index contributed by atoms with van der Waals surface area (Å²) in [6.07, 6.45) is -3.69. The van der Waals surface area contributed by atoms with Crippen molar-refractivity contribution in [2.24, 2.45) is 0 Å². The van der Waals surface area contributed by atoms with Crippen molar-refractivity contribution in [1.29, 1.82) is 0 Å². The highest BCUT2D eigenvalue weighted by Crippen LogP contribution is 2.34. The van der Waals surface area contributed by atoms with Gasteiger partial charge in [-0.1, -0.05) is 12.1 Å². The van der Waals surface area contributed by atoms with E-state index < -0.39 is 49.5 Å². The van der Waals surface area contributed by atoms with Crippen LogP contribution in [0.15, 0.2) is 24.5 Å². The zero-order valence-electron chi connectivity index (χ0n) is 13.4. The lowest BCUT2D eigenvalue weighted by molar-refractivity contribution is -0.161.